The fraction of sp³-hybridized carbons (Fsp3) is 0.217. The van der Waals surface area contributed by atoms with Crippen molar-refractivity contribution >= 4 is 51.2 Å². The number of aliphatic hydroxyl groups excluding tert-OH is 1. The van der Waals surface area contributed by atoms with E-state index < -0.39 is 23.7 Å². The fourth-order valence-electron chi connectivity index (χ4n) is 3.65. The summed E-state index contributed by atoms with van der Waals surface area (Å²) in [5, 5.41) is 13.3. The molecule has 2 aromatic heterocycles. The third-order valence-electron chi connectivity index (χ3n) is 5.27. The van der Waals surface area contributed by atoms with E-state index in [1.54, 1.807) is 19.1 Å². The molecule has 3 heterocycles. The van der Waals surface area contributed by atoms with Crippen molar-refractivity contribution in [3.8, 4) is 0 Å². The van der Waals surface area contributed by atoms with Crippen molar-refractivity contribution in [2.45, 2.75) is 26.8 Å². The lowest BCUT2D eigenvalue weighted by Crippen LogP contribution is -2.29. The van der Waals surface area contributed by atoms with Crippen LogP contribution in [0.25, 0.3) is 5.76 Å². The summed E-state index contributed by atoms with van der Waals surface area (Å²) in [5.74, 6) is -2.40. The number of methoxy groups -OCH3 is 1. The van der Waals surface area contributed by atoms with Crippen LogP contribution in [0, 0.1) is 20.8 Å². The highest BCUT2D eigenvalue weighted by molar-refractivity contribution is 7.18. The minimum Gasteiger partial charge on any atom is -0.507 e. The molecule has 1 saturated heterocycles. The standard InChI is InChI=1S/C23H20N2O5S2/c1-11-7-8-12(2)14(10-11)18(26)16-17(15-6-5-9-31-15)25(21(28)19(16)27)23-24-13(3)20(32-23)22(29)30-4/h5-10,17,26H,1-4H3/t17-/m1/s1. The van der Waals surface area contributed by atoms with Crippen LogP contribution in [-0.2, 0) is 14.3 Å². The van der Waals surface area contributed by atoms with Gasteiger partial charge in [-0.2, -0.15) is 0 Å². The Kier molecular flexibility index (Phi) is 5.70. The minimum atomic E-state index is -0.856. The van der Waals surface area contributed by atoms with E-state index in [0.29, 0.717) is 16.1 Å². The van der Waals surface area contributed by atoms with Crippen LogP contribution in [0.4, 0.5) is 5.13 Å². The number of aryl methyl sites for hydroxylation is 3. The van der Waals surface area contributed by atoms with Crippen LogP contribution in [0.2, 0.25) is 0 Å². The van der Waals surface area contributed by atoms with Crippen LogP contribution in [0.1, 0.15) is 43.0 Å². The molecular formula is C23H20N2O5S2. The van der Waals surface area contributed by atoms with Gasteiger partial charge in [0.1, 0.15) is 16.7 Å². The molecule has 3 aromatic rings. The Morgan fingerprint density at radius 1 is 1.19 bits per heavy atom. The van der Waals surface area contributed by atoms with E-state index in [2.05, 4.69) is 4.98 Å². The van der Waals surface area contributed by atoms with Gasteiger partial charge in [0.05, 0.1) is 18.4 Å². The zero-order chi connectivity index (χ0) is 23.2. The molecule has 0 aliphatic carbocycles. The number of amides is 1. The number of hydrogen-bond donors (Lipinski definition) is 1. The number of carbonyl (C=O) groups excluding carboxylic acids is 3. The van der Waals surface area contributed by atoms with Gasteiger partial charge in [0.15, 0.2) is 5.13 Å². The maximum atomic E-state index is 13.2. The second-order valence-corrected chi connectivity index (χ2v) is 9.36. The number of hydrogen-bond acceptors (Lipinski definition) is 8. The zero-order valence-corrected chi connectivity index (χ0v) is 19.5. The number of aromatic nitrogens is 1. The molecule has 0 saturated carbocycles. The molecule has 1 aliphatic heterocycles. The van der Waals surface area contributed by atoms with Crippen LogP contribution in [-0.4, -0.2) is 34.9 Å². The van der Waals surface area contributed by atoms with E-state index in [1.807, 2.05) is 37.4 Å². The molecule has 1 atom stereocenters. The number of ether oxygens (including phenoxy) is 1. The number of nitrogens with zero attached hydrogens (tertiary/aromatic N) is 2. The number of aliphatic hydroxyl groups is 1. The Balaban J connectivity index is 1.94. The quantitative estimate of drug-likeness (QED) is 0.261. The third-order valence-corrected chi connectivity index (χ3v) is 7.33. The molecule has 32 heavy (non-hydrogen) atoms. The van der Waals surface area contributed by atoms with E-state index in [-0.39, 0.29) is 21.3 Å². The molecule has 1 aromatic carbocycles. The molecule has 1 N–H and O–H groups in total. The van der Waals surface area contributed by atoms with E-state index in [4.69, 9.17) is 4.74 Å². The lowest BCUT2D eigenvalue weighted by Gasteiger charge is -2.21. The Bertz CT molecular complexity index is 1270. The van der Waals surface area contributed by atoms with Crippen molar-refractivity contribution in [1.82, 2.24) is 4.98 Å². The molecule has 1 amide bonds. The highest BCUT2D eigenvalue weighted by atomic mass is 32.1. The van der Waals surface area contributed by atoms with Gasteiger partial charge in [0, 0.05) is 10.4 Å². The normalized spacial score (nSPS) is 17.8. The molecule has 7 nitrogen and oxygen atoms in total. The first-order chi connectivity index (χ1) is 15.2. The van der Waals surface area contributed by atoms with Crippen LogP contribution >= 0.6 is 22.7 Å². The summed E-state index contributed by atoms with van der Waals surface area (Å²) in [6, 6.07) is 8.30. The van der Waals surface area contributed by atoms with Crippen molar-refractivity contribution in [1.29, 1.82) is 0 Å². The van der Waals surface area contributed by atoms with Gasteiger partial charge in [0.25, 0.3) is 5.78 Å². The third kappa shape index (κ3) is 3.53. The molecule has 0 spiro atoms. The molecule has 1 aliphatic rings. The highest BCUT2D eigenvalue weighted by Crippen LogP contribution is 2.45. The van der Waals surface area contributed by atoms with E-state index >= 15 is 0 Å². The fourth-order valence-corrected chi connectivity index (χ4v) is 5.48. The summed E-state index contributed by atoms with van der Waals surface area (Å²) >= 11 is 2.34. The van der Waals surface area contributed by atoms with Crippen LogP contribution in [0.15, 0.2) is 41.3 Å². The molecule has 9 heteroatoms. The summed E-state index contributed by atoms with van der Waals surface area (Å²) in [6.45, 7) is 5.36. The van der Waals surface area contributed by atoms with Gasteiger partial charge in [-0.15, -0.1) is 11.3 Å². The number of carbonyl (C=O) groups is 3. The molecule has 1 fully saturated rings. The average Bonchev–Trinajstić information content (AvgIpc) is 3.48. The van der Waals surface area contributed by atoms with E-state index in [0.717, 1.165) is 22.5 Å². The number of thiazole rings is 1. The van der Waals surface area contributed by atoms with Crippen molar-refractivity contribution in [2.75, 3.05) is 12.0 Å². The second kappa shape index (κ2) is 8.33. The van der Waals surface area contributed by atoms with Crippen LogP contribution in [0.3, 0.4) is 0 Å². The zero-order valence-electron chi connectivity index (χ0n) is 17.8. The number of ketones is 1. The first-order valence-corrected chi connectivity index (χ1v) is 11.4. The number of thiophene rings is 1. The van der Waals surface area contributed by atoms with Crippen molar-refractivity contribution in [3.63, 3.8) is 0 Å². The molecule has 164 valence electrons. The average molecular weight is 469 g/mol. The summed E-state index contributed by atoms with van der Waals surface area (Å²) in [7, 11) is 1.27. The van der Waals surface area contributed by atoms with E-state index in [9.17, 15) is 19.5 Å². The van der Waals surface area contributed by atoms with Crippen molar-refractivity contribution < 1.29 is 24.2 Å². The van der Waals surface area contributed by atoms with Crippen LogP contribution in [0.5, 0.6) is 0 Å². The van der Waals surface area contributed by atoms with Crippen molar-refractivity contribution in [3.05, 3.63) is 73.4 Å². The summed E-state index contributed by atoms with van der Waals surface area (Å²) in [5.41, 5.74) is 2.59. The smallest absolute Gasteiger partial charge is 0.350 e. The lowest BCUT2D eigenvalue weighted by atomic mass is 9.96. The Morgan fingerprint density at radius 3 is 2.59 bits per heavy atom. The summed E-state index contributed by atoms with van der Waals surface area (Å²) < 4.78 is 4.80. The maximum Gasteiger partial charge on any atom is 0.350 e. The predicted octanol–water partition coefficient (Wildman–Crippen LogP) is 4.54. The largest absolute Gasteiger partial charge is 0.507 e. The Morgan fingerprint density at radius 2 is 1.94 bits per heavy atom. The molecule has 0 bridgehead atoms. The van der Waals surface area contributed by atoms with Gasteiger partial charge >= 0.3 is 11.9 Å². The number of anilines is 1. The predicted molar refractivity (Wildman–Crippen MR) is 123 cm³/mol. The van der Waals surface area contributed by atoms with Gasteiger partial charge in [-0.1, -0.05) is 35.1 Å². The molecule has 0 unspecified atom stereocenters. The summed E-state index contributed by atoms with van der Waals surface area (Å²) in [6.07, 6.45) is 0. The van der Waals surface area contributed by atoms with Gasteiger partial charge < -0.3 is 9.84 Å². The van der Waals surface area contributed by atoms with Gasteiger partial charge in [0.2, 0.25) is 0 Å². The Hall–Kier alpha value is -3.30. The highest BCUT2D eigenvalue weighted by Gasteiger charge is 2.49. The number of rotatable bonds is 4. The number of benzene rings is 1. The van der Waals surface area contributed by atoms with Gasteiger partial charge in [-0.3, -0.25) is 14.5 Å². The second-order valence-electron chi connectivity index (χ2n) is 7.41. The summed E-state index contributed by atoms with van der Waals surface area (Å²) in [4.78, 5) is 45.0. The lowest BCUT2D eigenvalue weighted by molar-refractivity contribution is -0.132. The molecule has 4 rings (SSSR count). The van der Waals surface area contributed by atoms with Crippen molar-refractivity contribution in [2.24, 2.45) is 0 Å². The maximum absolute atomic E-state index is 13.2. The number of esters is 1. The first-order valence-electron chi connectivity index (χ1n) is 9.72. The van der Waals surface area contributed by atoms with Crippen LogP contribution < -0.4 is 4.90 Å². The van der Waals surface area contributed by atoms with Gasteiger partial charge in [-0.05, 0) is 43.8 Å². The molecular weight excluding hydrogens is 448 g/mol. The molecule has 0 radical (unpaired) electrons. The SMILES string of the molecule is COC(=O)c1sc(N2C(=O)C(=O)C(=C(O)c3cc(C)ccc3C)[C@H]2c2cccs2)nc1C. The monoisotopic (exact) mass is 468 g/mol. The van der Waals surface area contributed by atoms with E-state index in [1.165, 1.54) is 23.3 Å². The topological polar surface area (TPSA) is 96.8 Å². The van der Waals surface area contributed by atoms with Gasteiger partial charge in [-0.25, -0.2) is 9.78 Å². The minimum absolute atomic E-state index is 0.00128. The first kappa shape index (κ1) is 21.9. The Labute approximate surface area is 192 Å². The number of Topliss-reactive ketones (excluding diaryl/α,β-unsaturated/α-hetero) is 1.